The number of halogens is 2. The van der Waals surface area contributed by atoms with E-state index >= 15 is 0 Å². The minimum absolute atomic E-state index is 0.00664. The van der Waals surface area contributed by atoms with Crippen LogP contribution in [0.4, 0.5) is 5.69 Å². The van der Waals surface area contributed by atoms with Gasteiger partial charge in [-0.25, -0.2) is 8.42 Å². The first kappa shape index (κ1) is 12.5. The summed E-state index contributed by atoms with van der Waals surface area (Å²) in [7, 11) is 1.48. The SMILES string of the molecule is O=C1CC(S(=O)(=O)Cl)CN1c1cnnc(Cl)c1. The molecule has 1 aliphatic rings. The Morgan fingerprint density at radius 3 is 2.71 bits per heavy atom. The first-order chi connectivity index (χ1) is 7.88. The van der Waals surface area contributed by atoms with E-state index in [4.69, 9.17) is 22.3 Å². The summed E-state index contributed by atoms with van der Waals surface area (Å²) in [5, 5.41) is 6.36. The molecule has 17 heavy (non-hydrogen) atoms. The summed E-state index contributed by atoms with van der Waals surface area (Å²) < 4.78 is 22.3. The normalized spacial score (nSPS) is 20.9. The van der Waals surface area contributed by atoms with Gasteiger partial charge in [-0.1, -0.05) is 11.6 Å². The molecule has 6 nitrogen and oxygen atoms in total. The lowest BCUT2D eigenvalue weighted by molar-refractivity contribution is -0.117. The lowest BCUT2D eigenvalue weighted by Gasteiger charge is -2.15. The smallest absolute Gasteiger partial charge is 0.237 e. The van der Waals surface area contributed by atoms with E-state index in [1.807, 2.05) is 0 Å². The molecule has 1 amide bonds. The summed E-state index contributed by atoms with van der Waals surface area (Å²) in [4.78, 5) is 12.9. The number of amides is 1. The van der Waals surface area contributed by atoms with Crippen LogP contribution in [-0.2, 0) is 13.8 Å². The van der Waals surface area contributed by atoms with Gasteiger partial charge in [-0.2, -0.15) is 5.10 Å². The Kier molecular flexibility index (Phi) is 3.24. The van der Waals surface area contributed by atoms with Crippen LogP contribution in [0.25, 0.3) is 0 Å². The number of carbonyl (C=O) groups is 1. The molecule has 0 saturated carbocycles. The highest BCUT2D eigenvalue weighted by Gasteiger charge is 2.38. The number of aromatic nitrogens is 2. The molecule has 1 aromatic heterocycles. The van der Waals surface area contributed by atoms with Crippen LogP contribution in [0.1, 0.15) is 6.42 Å². The van der Waals surface area contributed by atoms with Crippen molar-refractivity contribution in [2.24, 2.45) is 0 Å². The van der Waals surface area contributed by atoms with Gasteiger partial charge in [-0.3, -0.25) is 4.79 Å². The second-order valence-electron chi connectivity index (χ2n) is 3.54. The Bertz CT molecular complexity index is 563. The van der Waals surface area contributed by atoms with Crippen molar-refractivity contribution >= 4 is 42.9 Å². The van der Waals surface area contributed by atoms with Crippen LogP contribution in [0.5, 0.6) is 0 Å². The molecule has 0 radical (unpaired) electrons. The zero-order valence-electron chi connectivity index (χ0n) is 8.38. The Balaban J connectivity index is 2.28. The van der Waals surface area contributed by atoms with Gasteiger partial charge in [0, 0.05) is 29.7 Å². The van der Waals surface area contributed by atoms with Gasteiger partial charge in [0.2, 0.25) is 15.0 Å². The van der Waals surface area contributed by atoms with Crippen LogP contribution in [0, 0.1) is 0 Å². The van der Waals surface area contributed by atoms with E-state index in [0.717, 1.165) is 0 Å². The first-order valence-electron chi connectivity index (χ1n) is 4.60. The van der Waals surface area contributed by atoms with Gasteiger partial charge < -0.3 is 4.90 Å². The van der Waals surface area contributed by atoms with Gasteiger partial charge in [0.1, 0.15) is 5.25 Å². The van der Waals surface area contributed by atoms with E-state index in [0.29, 0.717) is 5.69 Å². The molecule has 1 fully saturated rings. The van der Waals surface area contributed by atoms with E-state index in [1.54, 1.807) is 0 Å². The van der Waals surface area contributed by atoms with Crippen LogP contribution >= 0.6 is 22.3 Å². The molecular formula is C8H7Cl2N3O3S. The van der Waals surface area contributed by atoms with Crippen LogP contribution in [-0.4, -0.2) is 36.3 Å². The van der Waals surface area contributed by atoms with Gasteiger partial charge in [-0.15, -0.1) is 5.10 Å². The van der Waals surface area contributed by atoms with Crippen molar-refractivity contribution in [3.63, 3.8) is 0 Å². The molecule has 0 spiro atoms. The predicted molar refractivity (Wildman–Crippen MR) is 62.6 cm³/mol. The van der Waals surface area contributed by atoms with Gasteiger partial charge in [0.15, 0.2) is 5.15 Å². The Morgan fingerprint density at radius 1 is 1.47 bits per heavy atom. The Labute approximate surface area is 107 Å². The minimum atomic E-state index is -3.75. The van der Waals surface area contributed by atoms with Crippen molar-refractivity contribution < 1.29 is 13.2 Å². The fourth-order valence-corrected chi connectivity index (χ4v) is 2.77. The van der Waals surface area contributed by atoms with Crippen molar-refractivity contribution in [3.05, 3.63) is 17.4 Å². The summed E-state index contributed by atoms with van der Waals surface area (Å²) in [5.41, 5.74) is 0.415. The fourth-order valence-electron chi connectivity index (χ4n) is 1.59. The molecule has 2 heterocycles. The average Bonchev–Trinajstić information content (AvgIpc) is 2.60. The van der Waals surface area contributed by atoms with E-state index in [2.05, 4.69) is 10.2 Å². The van der Waals surface area contributed by atoms with E-state index < -0.39 is 14.3 Å². The summed E-state index contributed by atoms with van der Waals surface area (Å²) >= 11 is 5.64. The summed E-state index contributed by atoms with van der Waals surface area (Å²) in [6, 6.07) is 1.44. The van der Waals surface area contributed by atoms with Crippen LogP contribution in [0.3, 0.4) is 0 Å². The second kappa shape index (κ2) is 4.40. The molecule has 1 unspecified atom stereocenters. The summed E-state index contributed by atoms with van der Waals surface area (Å²) in [5.74, 6) is -0.330. The lowest BCUT2D eigenvalue weighted by atomic mass is 10.4. The quantitative estimate of drug-likeness (QED) is 0.754. The predicted octanol–water partition coefficient (Wildman–Crippen LogP) is 0.804. The molecule has 1 aromatic rings. The average molecular weight is 296 g/mol. The third kappa shape index (κ3) is 2.67. The van der Waals surface area contributed by atoms with Gasteiger partial charge >= 0.3 is 0 Å². The van der Waals surface area contributed by atoms with Crippen molar-refractivity contribution in [2.75, 3.05) is 11.4 Å². The van der Waals surface area contributed by atoms with Crippen LogP contribution < -0.4 is 4.90 Å². The number of rotatable bonds is 2. The first-order valence-corrected chi connectivity index (χ1v) is 7.35. The molecule has 1 saturated heterocycles. The molecule has 9 heteroatoms. The lowest BCUT2D eigenvalue weighted by Crippen LogP contribution is -2.26. The van der Waals surface area contributed by atoms with Crippen molar-refractivity contribution in [2.45, 2.75) is 11.7 Å². The largest absolute Gasteiger partial charge is 0.309 e. The highest BCUT2D eigenvalue weighted by molar-refractivity contribution is 8.14. The van der Waals surface area contributed by atoms with Crippen molar-refractivity contribution in [3.8, 4) is 0 Å². The number of carbonyl (C=O) groups excluding carboxylic acids is 1. The summed E-state index contributed by atoms with van der Waals surface area (Å²) in [6.45, 7) is 0.00664. The second-order valence-corrected chi connectivity index (χ2v) is 6.84. The maximum Gasteiger partial charge on any atom is 0.237 e. The van der Waals surface area contributed by atoms with Crippen molar-refractivity contribution in [1.29, 1.82) is 0 Å². The molecule has 0 aromatic carbocycles. The maximum atomic E-state index is 11.7. The third-order valence-electron chi connectivity index (χ3n) is 2.41. The van der Waals surface area contributed by atoms with Gasteiger partial charge in [0.25, 0.3) is 0 Å². The molecule has 0 N–H and O–H groups in total. The molecule has 1 atom stereocenters. The number of anilines is 1. The standard InChI is InChI=1S/C8H7Cl2N3O3S/c9-7-1-5(3-11-12-7)13-4-6(2-8(13)14)17(10,15)16/h1,3,6H,2,4H2. The maximum absolute atomic E-state index is 11.7. The number of hydrogen-bond donors (Lipinski definition) is 0. The number of hydrogen-bond acceptors (Lipinski definition) is 5. The van der Waals surface area contributed by atoms with Gasteiger partial charge in [0.05, 0.1) is 11.9 Å². The molecule has 92 valence electrons. The summed E-state index contributed by atoms with van der Waals surface area (Å²) in [6.07, 6.45) is 1.21. The van der Waals surface area contributed by atoms with E-state index in [1.165, 1.54) is 17.2 Å². The Hall–Kier alpha value is -0.920. The Morgan fingerprint density at radius 2 is 2.18 bits per heavy atom. The fraction of sp³-hybridized carbons (Fsp3) is 0.375. The van der Waals surface area contributed by atoms with Crippen LogP contribution in [0.15, 0.2) is 12.3 Å². The number of nitrogens with zero attached hydrogens (tertiary/aromatic N) is 3. The zero-order chi connectivity index (χ0) is 12.6. The van der Waals surface area contributed by atoms with E-state index in [-0.39, 0.29) is 24.0 Å². The van der Waals surface area contributed by atoms with Gasteiger partial charge in [-0.05, 0) is 0 Å². The monoisotopic (exact) mass is 295 g/mol. The molecule has 1 aliphatic heterocycles. The third-order valence-corrected chi connectivity index (χ3v) is 4.46. The molecule has 0 aliphatic carbocycles. The minimum Gasteiger partial charge on any atom is -0.309 e. The van der Waals surface area contributed by atoms with E-state index in [9.17, 15) is 13.2 Å². The van der Waals surface area contributed by atoms with Crippen molar-refractivity contribution in [1.82, 2.24) is 10.2 Å². The highest BCUT2D eigenvalue weighted by atomic mass is 35.7. The molecular weight excluding hydrogens is 289 g/mol. The molecule has 0 bridgehead atoms. The molecule has 2 rings (SSSR count). The highest BCUT2D eigenvalue weighted by Crippen LogP contribution is 2.26. The zero-order valence-corrected chi connectivity index (χ0v) is 10.7. The van der Waals surface area contributed by atoms with Crippen LogP contribution in [0.2, 0.25) is 5.15 Å². The topological polar surface area (TPSA) is 80.2 Å².